The monoisotopic (exact) mass is 343 g/mol. The third kappa shape index (κ3) is 3.09. The van der Waals surface area contributed by atoms with Gasteiger partial charge < -0.3 is 10.1 Å². The van der Waals surface area contributed by atoms with Crippen LogP contribution >= 0.6 is 27.5 Å². The zero-order chi connectivity index (χ0) is 13.3. The van der Waals surface area contributed by atoms with Crippen molar-refractivity contribution in [2.75, 3.05) is 11.9 Å². The molecule has 19 heavy (non-hydrogen) atoms. The Kier molecular flexibility index (Phi) is 4.06. The molecule has 1 saturated heterocycles. The molecular formula is C15H19BrClNO. The lowest BCUT2D eigenvalue weighted by Gasteiger charge is -2.39. The van der Waals surface area contributed by atoms with Crippen LogP contribution in [0.3, 0.4) is 0 Å². The smallest absolute Gasteiger partial charge is 0.0702 e. The summed E-state index contributed by atoms with van der Waals surface area (Å²) in [5, 5.41) is 4.40. The second kappa shape index (κ2) is 5.63. The Balaban J connectivity index is 1.69. The van der Waals surface area contributed by atoms with Crippen LogP contribution < -0.4 is 5.32 Å². The number of nitrogens with one attached hydrogen (secondary N) is 1. The highest BCUT2D eigenvalue weighted by Gasteiger charge is 2.39. The highest BCUT2D eigenvalue weighted by atomic mass is 79.9. The lowest BCUT2D eigenvalue weighted by atomic mass is 9.89. The van der Waals surface area contributed by atoms with Crippen LogP contribution in [0.25, 0.3) is 0 Å². The van der Waals surface area contributed by atoms with Crippen molar-refractivity contribution in [3.05, 3.63) is 27.7 Å². The first-order valence-corrected chi connectivity index (χ1v) is 8.20. The van der Waals surface area contributed by atoms with Gasteiger partial charge in [-0.15, -0.1) is 0 Å². The number of halogens is 2. The summed E-state index contributed by atoms with van der Waals surface area (Å²) < 4.78 is 7.11. The van der Waals surface area contributed by atoms with Crippen molar-refractivity contribution in [1.29, 1.82) is 0 Å². The predicted octanol–water partition coefficient (Wildman–Crippen LogP) is 5.01. The molecule has 0 bridgehead atoms. The van der Waals surface area contributed by atoms with Crippen molar-refractivity contribution in [2.24, 2.45) is 0 Å². The highest BCUT2D eigenvalue weighted by molar-refractivity contribution is 9.10. The molecule has 1 aromatic carbocycles. The Bertz CT molecular complexity index is 459. The van der Waals surface area contributed by atoms with Crippen molar-refractivity contribution in [3.63, 3.8) is 0 Å². The second-order valence-corrected chi connectivity index (χ2v) is 6.99. The van der Waals surface area contributed by atoms with Gasteiger partial charge in [0, 0.05) is 27.8 Å². The molecule has 1 aliphatic carbocycles. The quantitative estimate of drug-likeness (QED) is 0.814. The number of benzene rings is 1. The fraction of sp³-hybridized carbons (Fsp3) is 0.600. The number of hydrogen-bond acceptors (Lipinski definition) is 2. The van der Waals surface area contributed by atoms with Crippen LogP contribution in [0, 0.1) is 0 Å². The third-order valence-corrected chi connectivity index (χ3v) is 5.19. The van der Waals surface area contributed by atoms with Gasteiger partial charge in [0.05, 0.1) is 5.60 Å². The standard InChI is InChI=1S/C15H19BrClNO/c16-13-9-11(17)3-4-14(13)18-12-5-8-19-15(10-12)6-1-2-7-15/h3-4,9,12,18H,1-2,5-8,10H2. The number of ether oxygens (including phenoxy) is 1. The van der Waals surface area contributed by atoms with Crippen LogP contribution in [0.15, 0.2) is 22.7 Å². The van der Waals surface area contributed by atoms with Crippen LogP contribution in [-0.2, 0) is 4.74 Å². The Morgan fingerprint density at radius 3 is 2.84 bits per heavy atom. The maximum absolute atomic E-state index is 6.07. The van der Waals surface area contributed by atoms with Crippen LogP contribution in [0.5, 0.6) is 0 Å². The molecule has 3 rings (SSSR count). The molecule has 1 saturated carbocycles. The van der Waals surface area contributed by atoms with E-state index in [0.717, 1.165) is 34.6 Å². The molecule has 2 fully saturated rings. The van der Waals surface area contributed by atoms with E-state index >= 15 is 0 Å². The van der Waals surface area contributed by atoms with Crippen LogP contribution in [0.4, 0.5) is 5.69 Å². The molecule has 2 nitrogen and oxygen atoms in total. The molecular weight excluding hydrogens is 326 g/mol. The van der Waals surface area contributed by atoms with E-state index in [1.165, 1.54) is 25.7 Å². The molecule has 0 radical (unpaired) electrons. The van der Waals surface area contributed by atoms with Crippen molar-refractivity contribution < 1.29 is 4.74 Å². The molecule has 1 atom stereocenters. The molecule has 1 N–H and O–H groups in total. The van der Waals surface area contributed by atoms with Gasteiger partial charge in [-0.05, 0) is 59.8 Å². The van der Waals surface area contributed by atoms with E-state index < -0.39 is 0 Å². The Labute approximate surface area is 128 Å². The summed E-state index contributed by atoms with van der Waals surface area (Å²) in [6, 6.07) is 6.42. The van der Waals surface area contributed by atoms with Gasteiger partial charge in [-0.1, -0.05) is 24.4 Å². The van der Waals surface area contributed by atoms with Crippen molar-refractivity contribution >= 4 is 33.2 Å². The molecule has 1 spiro atoms. The van der Waals surface area contributed by atoms with Crippen molar-refractivity contribution in [1.82, 2.24) is 0 Å². The Morgan fingerprint density at radius 1 is 1.32 bits per heavy atom. The van der Waals surface area contributed by atoms with E-state index in [2.05, 4.69) is 21.2 Å². The third-order valence-electron chi connectivity index (χ3n) is 4.30. The van der Waals surface area contributed by atoms with Gasteiger partial charge in [-0.3, -0.25) is 0 Å². The molecule has 4 heteroatoms. The van der Waals surface area contributed by atoms with Gasteiger partial charge in [0.2, 0.25) is 0 Å². The number of rotatable bonds is 2. The van der Waals surface area contributed by atoms with E-state index in [1.54, 1.807) is 0 Å². The first kappa shape index (κ1) is 13.7. The van der Waals surface area contributed by atoms with E-state index in [1.807, 2.05) is 18.2 Å². The van der Waals surface area contributed by atoms with Gasteiger partial charge >= 0.3 is 0 Å². The summed E-state index contributed by atoms with van der Waals surface area (Å²) in [5.74, 6) is 0. The molecule has 1 aromatic rings. The first-order chi connectivity index (χ1) is 9.17. The summed E-state index contributed by atoms with van der Waals surface area (Å²) >= 11 is 9.55. The SMILES string of the molecule is Clc1ccc(NC2CCOC3(CCCC3)C2)c(Br)c1. The number of hydrogen-bond donors (Lipinski definition) is 1. The second-order valence-electron chi connectivity index (χ2n) is 5.70. The lowest BCUT2D eigenvalue weighted by Crippen LogP contribution is -2.42. The van der Waals surface area contributed by atoms with Gasteiger partial charge in [-0.25, -0.2) is 0 Å². The molecule has 1 heterocycles. The van der Waals surface area contributed by atoms with E-state index in [4.69, 9.17) is 16.3 Å². The topological polar surface area (TPSA) is 21.3 Å². The van der Waals surface area contributed by atoms with Crippen molar-refractivity contribution in [3.8, 4) is 0 Å². The zero-order valence-electron chi connectivity index (χ0n) is 10.9. The summed E-state index contributed by atoms with van der Waals surface area (Å²) in [4.78, 5) is 0. The van der Waals surface area contributed by atoms with Gasteiger partial charge in [0.25, 0.3) is 0 Å². The molecule has 2 aliphatic rings. The maximum atomic E-state index is 6.07. The fourth-order valence-electron chi connectivity index (χ4n) is 3.35. The summed E-state index contributed by atoms with van der Waals surface area (Å²) in [7, 11) is 0. The summed E-state index contributed by atoms with van der Waals surface area (Å²) in [6.07, 6.45) is 7.30. The average Bonchev–Trinajstić information content (AvgIpc) is 2.81. The highest BCUT2D eigenvalue weighted by Crippen LogP contribution is 2.41. The minimum atomic E-state index is 0.162. The van der Waals surface area contributed by atoms with Crippen LogP contribution in [0.1, 0.15) is 38.5 Å². The normalized spacial score (nSPS) is 25.7. The van der Waals surface area contributed by atoms with Gasteiger partial charge in [0.1, 0.15) is 0 Å². The summed E-state index contributed by atoms with van der Waals surface area (Å²) in [5.41, 5.74) is 1.29. The summed E-state index contributed by atoms with van der Waals surface area (Å²) in [6.45, 7) is 0.878. The Hall–Kier alpha value is -0.250. The average molecular weight is 345 g/mol. The van der Waals surface area contributed by atoms with E-state index in [-0.39, 0.29) is 5.60 Å². The zero-order valence-corrected chi connectivity index (χ0v) is 13.3. The van der Waals surface area contributed by atoms with E-state index in [9.17, 15) is 0 Å². The van der Waals surface area contributed by atoms with Crippen LogP contribution in [0.2, 0.25) is 5.02 Å². The predicted molar refractivity (Wildman–Crippen MR) is 82.9 cm³/mol. The molecule has 0 aromatic heterocycles. The van der Waals surface area contributed by atoms with Gasteiger partial charge in [-0.2, -0.15) is 0 Å². The largest absolute Gasteiger partial charge is 0.381 e. The van der Waals surface area contributed by atoms with Crippen LogP contribution in [-0.4, -0.2) is 18.2 Å². The Morgan fingerprint density at radius 2 is 2.11 bits per heavy atom. The fourth-order valence-corrected chi connectivity index (χ4v) is 4.14. The maximum Gasteiger partial charge on any atom is 0.0702 e. The number of anilines is 1. The molecule has 1 unspecified atom stereocenters. The molecule has 0 amide bonds. The molecule has 1 aliphatic heterocycles. The minimum Gasteiger partial charge on any atom is -0.381 e. The van der Waals surface area contributed by atoms with Crippen molar-refractivity contribution in [2.45, 2.75) is 50.2 Å². The van der Waals surface area contributed by atoms with Gasteiger partial charge in [0.15, 0.2) is 0 Å². The lowest BCUT2D eigenvalue weighted by molar-refractivity contribution is -0.0767. The minimum absolute atomic E-state index is 0.162. The molecule has 104 valence electrons. The first-order valence-electron chi connectivity index (χ1n) is 7.02. The van der Waals surface area contributed by atoms with E-state index in [0.29, 0.717) is 6.04 Å².